The molecule has 112 valence electrons. The highest BCUT2D eigenvalue weighted by atomic mass is 16.6. The summed E-state index contributed by atoms with van der Waals surface area (Å²) in [5.74, 6) is 0.710. The summed E-state index contributed by atoms with van der Waals surface area (Å²) in [6, 6.07) is 4.87. The maximum absolute atomic E-state index is 11.0. The predicted molar refractivity (Wildman–Crippen MR) is 76.8 cm³/mol. The summed E-state index contributed by atoms with van der Waals surface area (Å²) < 4.78 is 5.25. The number of hydrogen-bond donors (Lipinski definition) is 2. The molecule has 0 bridgehead atoms. The second-order valence-corrected chi connectivity index (χ2v) is 5.24. The van der Waals surface area contributed by atoms with Crippen LogP contribution in [-0.2, 0) is 6.54 Å². The van der Waals surface area contributed by atoms with E-state index in [4.69, 9.17) is 9.84 Å². The molecule has 0 amide bonds. The summed E-state index contributed by atoms with van der Waals surface area (Å²) in [5, 5.41) is 23.4. The molecule has 0 heterocycles. The molecule has 6 nitrogen and oxygen atoms in total. The fourth-order valence-electron chi connectivity index (χ4n) is 1.65. The van der Waals surface area contributed by atoms with Crippen molar-refractivity contribution in [3.05, 3.63) is 33.9 Å². The van der Waals surface area contributed by atoms with Gasteiger partial charge in [0, 0.05) is 12.6 Å². The highest BCUT2D eigenvalue weighted by Gasteiger charge is 2.16. The molecular weight excluding hydrogens is 260 g/mol. The third-order valence-electron chi connectivity index (χ3n) is 2.58. The highest BCUT2D eigenvalue weighted by molar-refractivity contribution is 5.48. The van der Waals surface area contributed by atoms with Gasteiger partial charge in [-0.2, -0.15) is 0 Å². The minimum absolute atomic E-state index is 0.0335. The van der Waals surface area contributed by atoms with Crippen LogP contribution in [0.3, 0.4) is 0 Å². The Morgan fingerprint density at radius 2 is 2.10 bits per heavy atom. The van der Waals surface area contributed by atoms with E-state index in [0.29, 0.717) is 12.5 Å². The lowest BCUT2D eigenvalue weighted by Crippen LogP contribution is -2.19. The zero-order valence-electron chi connectivity index (χ0n) is 12.1. The third-order valence-corrected chi connectivity index (χ3v) is 2.58. The molecule has 2 N–H and O–H groups in total. The number of nitro benzene ring substituents is 1. The van der Waals surface area contributed by atoms with Gasteiger partial charge in [-0.15, -0.1) is 0 Å². The Bertz CT molecular complexity index is 447. The molecule has 6 heteroatoms. The Hall–Kier alpha value is -1.66. The van der Waals surface area contributed by atoms with Crippen molar-refractivity contribution < 1.29 is 14.8 Å². The molecule has 0 aliphatic carbocycles. The molecule has 1 atom stereocenters. The van der Waals surface area contributed by atoms with E-state index in [2.05, 4.69) is 19.2 Å². The monoisotopic (exact) mass is 282 g/mol. The average molecular weight is 282 g/mol. The number of nitro groups is 1. The van der Waals surface area contributed by atoms with Crippen molar-refractivity contribution in [2.75, 3.05) is 13.2 Å². The van der Waals surface area contributed by atoms with Gasteiger partial charge in [0.25, 0.3) is 0 Å². The van der Waals surface area contributed by atoms with Gasteiger partial charge in [0.2, 0.25) is 0 Å². The smallest absolute Gasteiger partial charge is 0.311 e. The Kier molecular flexibility index (Phi) is 6.41. The van der Waals surface area contributed by atoms with Gasteiger partial charge in [-0.25, -0.2) is 0 Å². The van der Waals surface area contributed by atoms with Crippen LogP contribution >= 0.6 is 0 Å². The van der Waals surface area contributed by atoms with Crippen LogP contribution in [0, 0.1) is 16.0 Å². The molecule has 0 saturated carbocycles. The van der Waals surface area contributed by atoms with Crippen molar-refractivity contribution >= 4 is 5.69 Å². The van der Waals surface area contributed by atoms with Crippen molar-refractivity contribution in [1.82, 2.24) is 5.32 Å². The van der Waals surface area contributed by atoms with E-state index < -0.39 is 11.0 Å². The van der Waals surface area contributed by atoms with Crippen LogP contribution < -0.4 is 10.1 Å². The van der Waals surface area contributed by atoms with Gasteiger partial charge >= 0.3 is 5.69 Å². The summed E-state index contributed by atoms with van der Waals surface area (Å²) >= 11 is 0. The molecular formula is C14H22N2O4. The molecule has 0 aliphatic heterocycles. The second-order valence-electron chi connectivity index (χ2n) is 5.24. The summed E-state index contributed by atoms with van der Waals surface area (Å²) in [6.07, 6.45) is -0.665. The largest absolute Gasteiger partial charge is 0.484 e. The quantitative estimate of drug-likeness (QED) is 0.563. The van der Waals surface area contributed by atoms with E-state index in [1.807, 2.05) is 0 Å². The van der Waals surface area contributed by atoms with Gasteiger partial charge in [0.15, 0.2) is 5.75 Å². The Labute approximate surface area is 118 Å². The van der Waals surface area contributed by atoms with Crippen molar-refractivity contribution in [2.45, 2.75) is 33.4 Å². The topological polar surface area (TPSA) is 84.6 Å². The lowest BCUT2D eigenvalue weighted by Gasteiger charge is -2.11. The number of ether oxygens (including phenoxy) is 1. The average Bonchev–Trinajstić information content (AvgIpc) is 2.36. The Balaban J connectivity index is 2.76. The number of hydrogen-bond acceptors (Lipinski definition) is 5. The van der Waals surface area contributed by atoms with E-state index in [1.165, 1.54) is 6.07 Å². The van der Waals surface area contributed by atoms with Gasteiger partial charge in [-0.1, -0.05) is 19.9 Å². The predicted octanol–water partition coefficient (Wildman–Crippen LogP) is 2.10. The SMILES string of the molecule is CC(C)CNCc1ccc(OCC(C)O)c([N+](=O)[O-])c1. The molecule has 1 rings (SSSR count). The summed E-state index contributed by atoms with van der Waals surface area (Å²) in [7, 11) is 0. The Morgan fingerprint density at radius 1 is 1.40 bits per heavy atom. The second kappa shape index (κ2) is 7.81. The standard InChI is InChI=1S/C14H22N2O4/c1-10(2)7-15-8-12-4-5-14(20-9-11(3)17)13(6-12)16(18)19/h4-6,10-11,15,17H,7-9H2,1-3H3. The van der Waals surface area contributed by atoms with E-state index in [0.717, 1.165) is 12.1 Å². The molecule has 1 aromatic rings. The Morgan fingerprint density at radius 3 is 2.65 bits per heavy atom. The van der Waals surface area contributed by atoms with Gasteiger partial charge in [0.05, 0.1) is 11.0 Å². The van der Waals surface area contributed by atoms with E-state index >= 15 is 0 Å². The van der Waals surface area contributed by atoms with Crippen LogP contribution in [0.25, 0.3) is 0 Å². The van der Waals surface area contributed by atoms with Crippen LogP contribution in [-0.4, -0.2) is 29.3 Å². The lowest BCUT2D eigenvalue weighted by molar-refractivity contribution is -0.386. The fourth-order valence-corrected chi connectivity index (χ4v) is 1.65. The van der Waals surface area contributed by atoms with E-state index in [9.17, 15) is 10.1 Å². The molecule has 0 fully saturated rings. The molecule has 0 saturated heterocycles. The van der Waals surface area contributed by atoms with Crippen LogP contribution in [0.2, 0.25) is 0 Å². The first-order chi connectivity index (χ1) is 9.40. The molecule has 20 heavy (non-hydrogen) atoms. The lowest BCUT2D eigenvalue weighted by atomic mass is 10.1. The van der Waals surface area contributed by atoms with Crippen molar-refractivity contribution in [2.24, 2.45) is 5.92 Å². The normalized spacial score (nSPS) is 12.4. The number of rotatable bonds is 8. The number of nitrogens with one attached hydrogen (secondary N) is 1. The highest BCUT2D eigenvalue weighted by Crippen LogP contribution is 2.28. The zero-order chi connectivity index (χ0) is 15.1. The van der Waals surface area contributed by atoms with Gasteiger partial charge < -0.3 is 15.2 Å². The van der Waals surface area contributed by atoms with Gasteiger partial charge in [-0.3, -0.25) is 10.1 Å². The maximum atomic E-state index is 11.0. The minimum Gasteiger partial charge on any atom is -0.484 e. The first-order valence-electron chi connectivity index (χ1n) is 6.69. The molecule has 0 aliphatic rings. The molecule has 1 unspecified atom stereocenters. The molecule has 0 spiro atoms. The maximum Gasteiger partial charge on any atom is 0.311 e. The zero-order valence-corrected chi connectivity index (χ0v) is 12.1. The van der Waals surface area contributed by atoms with Crippen LogP contribution in [0.1, 0.15) is 26.3 Å². The minimum atomic E-state index is -0.665. The first-order valence-corrected chi connectivity index (χ1v) is 6.69. The summed E-state index contributed by atoms with van der Waals surface area (Å²) in [5.41, 5.74) is 0.760. The number of nitrogens with zero attached hydrogens (tertiary/aromatic N) is 1. The van der Waals surface area contributed by atoms with Gasteiger partial charge in [0.1, 0.15) is 6.61 Å². The molecule has 0 aromatic heterocycles. The summed E-state index contributed by atoms with van der Waals surface area (Å²) in [6.45, 7) is 7.23. The van der Waals surface area contributed by atoms with Gasteiger partial charge in [-0.05, 0) is 31.0 Å². The van der Waals surface area contributed by atoms with Crippen molar-refractivity contribution in [3.8, 4) is 5.75 Å². The first kappa shape index (κ1) is 16.4. The van der Waals surface area contributed by atoms with Crippen LogP contribution in [0.15, 0.2) is 18.2 Å². The number of aliphatic hydroxyl groups is 1. The van der Waals surface area contributed by atoms with Crippen molar-refractivity contribution in [1.29, 1.82) is 0 Å². The fraction of sp³-hybridized carbons (Fsp3) is 0.571. The van der Waals surface area contributed by atoms with Crippen LogP contribution in [0.5, 0.6) is 5.75 Å². The number of aliphatic hydroxyl groups excluding tert-OH is 1. The van der Waals surface area contributed by atoms with E-state index in [-0.39, 0.29) is 18.0 Å². The van der Waals surface area contributed by atoms with Crippen LogP contribution in [0.4, 0.5) is 5.69 Å². The molecule has 1 aromatic carbocycles. The molecule has 0 radical (unpaired) electrons. The van der Waals surface area contributed by atoms with E-state index in [1.54, 1.807) is 19.1 Å². The van der Waals surface area contributed by atoms with Crippen molar-refractivity contribution in [3.63, 3.8) is 0 Å². The summed E-state index contributed by atoms with van der Waals surface area (Å²) in [4.78, 5) is 10.6. The third kappa shape index (κ3) is 5.54. The number of benzene rings is 1.